The predicted octanol–water partition coefficient (Wildman–Crippen LogP) is 6.45. The van der Waals surface area contributed by atoms with Crippen LogP contribution in [0.3, 0.4) is 0 Å². The summed E-state index contributed by atoms with van der Waals surface area (Å²) in [5, 5.41) is 0. The smallest absolute Gasteiger partial charge is 0.339 e. The van der Waals surface area contributed by atoms with Crippen LogP contribution in [0.4, 0.5) is 0 Å². The number of rotatable bonds is 13. The minimum Gasteiger partial charge on any atom is -0.493 e. The fraction of sp³-hybridized carbons (Fsp3) is 0.182. The zero-order chi connectivity index (χ0) is 31.1. The number of carbonyl (C=O) groups excluding carboxylic acids is 3. The topological polar surface area (TPSA) is 97.4 Å². The first-order valence-electron chi connectivity index (χ1n) is 12.7. The zero-order valence-electron chi connectivity index (χ0n) is 23.9. The molecule has 0 radical (unpaired) electrons. The molecule has 220 valence electrons. The Kier molecular flexibility index (Phi) is 13.7. The summed E-state index contributed by atoms with van der Waals surface area (Å²) in [6, 6.07) is 19.8. The molecule has 0 spiro atoms. The number of esters is 2. The predicted molar refractivity (Wildman–Crippen MR) is 166 cm³/mol. The molecule has 0 unspecified atom stereocenters. The van der Waals surface area contributed by atoms with E-state index in [4.69, 9.17) is 23.7 Å². The van der Waals surface area contributed by atoms with Crippen molar-refractivity contribution in [3.05, 3.63) is 103 Å². The van der Waals surface area contributed by atoms with E-state index in [1.807, 2.05) is 36.4 Å². The maximum atomic E-state index is 12.0. The maximum absolute atomic E-state index is 12.0. The quantitative estimate of drug-likeness (QED) is 0.0606. The number of aldehydes is 1. The van der Waals surface area contributed by atoms with Crippen LogP contribution in [0.25, 0.3) is 11.1 Å². The molecule has 0 aliphatic heterocycles. The molecule has 0 atom stereocenters. The molecule has 0 aliphatic carbocycles. The second-order valence-corrected chi connectivity index (χ2v) is 9.16. The molecular weight excluding hydrogens is 556 g/mol. The van der Waals surface area contributed by atoms with E-state index in [2.05, 4.69) is 32.4 Å². The van der Waals surface area contributed by atoms with Gasteiger partial charge in [-0.3, -0.25) is 4.79 Å². The average Bonchev–Trinajstić information content (AvgIpc) is 3.00. The van der Waals surface area contributed by atoms with Crippen molar-refractivity contribution in [2.75, 3.05) is 26.1 Å². The third-order valence-corrected chi connectivity index (χ3v) is 5.62. The molecule has 3 aromatic rings. The van der Waals surface area contributed by atoms with Crippen LogP contribution in [0.15, 0.2) is 103 Å². The fourth-order valence-corrected chi connectivity index (χ4v) is 3.16. The van der Waals surface area contributed by atoms with Crippen LogP contribution in [-0.2, 0) is 14.4 Å². The van der Waals surface area contributed by atoms with Crippen molar-refractivity contribution in [3.8, 4) is 39.9 Å². The van der Waals surface area contributed by atoms with Crippen LogP contribution in [0.1, 0.15) is 13.8 Å². The Morgan fingerprint density at radius 1 is 0.738 bits per heavy atom. The Morgan fingerprint density at radius 3 is 1.71 bits per heavy atom. The number of benzene rings is 3. The lowest BCUT2D eigenvalue weighted by molar-refractivity contribution is -0.131. The summed E-state index contributed by atoms with van der Waals surface area (Å²) in [6.07, 6.45) is 0.722. The molecule has 9 heteroatoms. The molecule has 0 bridgehead atoms. The van der Waals surface area contributed by atoms with E-state index >= 15 is 0 Å². The van der Waals surface area contributed by atoms with Crippen LogP contribution >= 0.6 is 12.6 Å². The molecule has 0 saturated carbocycles. The van der Waals surface area contributed by atoms with Crippen molar-refractivity contribution in [1.82, 2.24) is 0 Å². The van der Waals surface area contributed by atoms with Crippen molar-refractivity contribution in [2.24, 2.45) is 0 Å². The maximum Gasteiger partial charge on any atom is 0.339 e. The Bertz CT molecular complexity index is 1410. The highest BCUT2D eigenvalue weighted by atomic mass is 32.1. The van der Waals surface area contributed by atoms with Gasteiger partial charge in [-0.2, -0.15) is 12.6 Å². The first-order chi connectivity index (χ1) is 20.1. The van der Waals surface area contributed by atoms with E-state index in [0.717, 1.165) is 17.4 Å². The normalized spacial score (nSPS) is 9.81. The molecular formula is C33H34O8S. The highest BCUT2D eigenvalue weighted by molar-refractivity contribution is 7.80. The van der Waals surface area contributed by atoms with Gasteiger partial charge in [-0.05, 0) is 66.9 Å². The fourth-order valence-electron chi connectivity index (χ4n) is 3.04. The van der Waals surface area contributed by atoms with Crippen LogP contribution in [0.2, 0.25) is 0 Å². The Morgan fingerprint density at radius 2 is 1.24 bits per heavy atom. The molecule has 3 aromatic carbocycles. The molecule has 0 amide bonds. The Hall–Kier alpha value is -4.76. The summed E-state index contributed by atoms with van der Waals surface area (Å²) in [7, 11) is 1.48. The van der Waals surface area contributed by atoms with E-state index in [-0.39, 0.29) is 23.7 Å². The van der Waals surface area contributed by atoms with Gasteiger partial charge in [0.15, 0.2) is 11.5 Å². The summed E-state index contributed by atoms with van der Waals surface area (Å²) >= 11 is 4.03. The van der Waals surface area contributed by atoms with E-state index in [9.17, 15) is 14.4 Å². The number of allylic oxidation sites excluding steroid dienone is 1. The van der Waals surface area contributed by atoms with Gasteiger partial charge in [0.2, 0.25) is 0 Å². The molecule has 42 heavy (non-hydrogen) atoms. The van der Waals surface area contributed by atoms with Gasteiger partial charge in [-0.1, -0.05) is 44.0 Å². The first-order valence-corrected chi connectivity index (χ1v) is 13.3. The van der Waals surface area contributed by atoms with E-state index in [1.165, 1.54) is 7.11 Å². The molecule has 3 rings (SSSR count). The summed E-state index contributed by atoms with van der Waals surface area (Å²) in [5.74, 6) is 1.42. The van der Waals surface area contributed by atoms with Crippen LogP contribution in [-0.4, -0.2) is 44.3 Å². The molecule has 8 nitrogen and oxygen atoms in total. The van der Waals surface area contributed by atoms with Crippen LogP contribution in [0.5, 0.6) is 28.7 Å². The van der Waals surface area contributed by atoms with E-state index in [1.54, 1.807) is 44.2 Å². The highest BCUT2D eigenvalue weighted by Crippen LogP contribution is 2.32. The Balaban J connectivity index is 0.00000113. The first kappa shape index (κ1) is 33.4. The van der Waals surface area contributed by atoms with Gasteiger partial charge in [-0.25, -0.2) is 9.59 Å². The standard InChI is InChI=1S/C29H28O7S.C4H6O/c1-19(2)28(30)35-24-11-7-22(8-12-24)21-5-9-23(10-6-21)33-15-16-34-25-13-14-26(32-4)27(17-25)36-29(31)20(3)18-37;1-4(2)3-5/h5-14,17,37H,1,3,15-16,18H2,2,4H3;3H,1H2,2H3. The summed E-state index contributed by atoms with van der Waals surface area (Å²) in [4.78, 5) is 33.1. The molecule has 0 saturated heterocycles. The molecule has 0 heterocycles. The third kappa shape index (κ3) is 11.0. The van der Waals surface area contributed by atoms with Crippen molar-refractivity contribution in [1.29, 1.82) is 0 Å². The van der Waals surface area contributed by atoms with Gasteiger partial charge in [0.05, 0.1) is 7.11 Å². The minimum absolute atomic E-state index is 0.189. The van der Waals surface area contributed by atoms with Crippen molar-refractivity contribution in [3.63, 3.8) is 0 Å². The Labute approximate surface area is 251 Å². The van der Waals surface area contributed by atoms with Crippen molar-refractivity contribution in [2.45, 2.75) is 13.8 Å². The largest absolute Gasteiger partial charge is 0.493 e. The number of hydrogen-bond acceptors (Lipinski definition) is 9. The van der Waals surface area contributed by atoms with Crippen molar-refractivity contribution >= 4 is 30.9 Å². The summed E-state index contributed by atoms with van der Waals surface area (Å²) in [6.45, 7) is 14.3. The number of hydrogen-bond donors (Lipinski definition) is 1. The monoisotopic (exact) mass is 590 g/mol. The SMILES string of the molecule is C=C(C)C(=O)Oc1ccc(-c2ccc(OCCOc3ccc(OC)c(OC(=O)C(=C)CS)c3)cc2)cc1.C=C(C)C=O. The molecule has 0 aliphatic rings. The molecule has 0 N–H and O–H groups in total. The lowest BCUT2D eigenvalue weighted by Crippen LogP contribution is -2.12. The highest BCUT2D eigenvalue weighted by Gasteiger charge is 2.14. The van der Waals surface area contributed by atoms with Gasteiger partial charge >= 0.3 is 11.9 Å². The molecule has 0 aromatic heterocycles. The lowest BCUT2D eigenvalue weighted by atomic mass is 10.1. The van der Waals surface area contributed by atoms with Crippen LogP contribution < -0.4 is 23.7 Å². The average molecular weight is 591 g/mol. The van der Waals surface area contributed by atoms with Gasteiger partial charge in [-0.15, -0.1) is 0 Å². The summed E-state index contributed by atoms with van der Waals surface area (Å²) < 4.78 is 27.3. The summed E-state index contributed by atoms with van der Waals surface area (Å²) in [5.41, 5.74) is 3.11. The van der Waals surface area contributed by atoms with Crippen molar-refractivity contribution < 1.29 is 38.1 Å². The number of thiol groups is 1. The minimum atomic E-state index is -0.584. The second-order valence-electron chi connectivity index (χ2n) is 8.84. The van der Waals surface area contributed by atoms with E-state index in [0.29, 0.717) is 40.8 Å². The third-order valence-electron chi connectivity index (χ3n) is 5.24. The van der Waals surface area contributed by atoms with Crippen LogP contribution in [0, 0.1) is 0 Å². The van der Waals surface area contributed by atoms with Gasteiger partial charge in [0.25, 0.3) is 0 Å². The zero-order valence-corrected chi connectivity index (χ0v) is 24.8. The second kappa shape index (κ2) is 17.1. The van der Waals surface area contributed by atoms with E-state index < -0.39 is 11.9 Å². The molecule has 0 fully saturated rings. The van der Waals surface area contributed by atoms with Gasteiger partial charge in [0, 0.05) is 23.0 Å². The number of methoxy groups -OCH3 is 1. The van der Waals surface area contributed by atoms with Gasteiger partial charge in [0.1, 0.15) is 36.7 Å². The number of ether oxygens (including phenoxy) is 5. The van der Waals surface area contributed by atoms with Gasteiger partial charge < -0.3 is 23.7 Å². The lowest BCUT2D eigenvalue weighted by Gasteiger charge is -2.13. The number of carbonyl (C=O) groups is 3.